The third-order valence-electron chi connectivity index (χ3n) is 3.83. The fraction of sp³-hybridized carbons (Fsp3) is 0.467. The van der Waals surface area contributed by atoms with Crippen molar-refractivity contribution in [3.05, 3.63) is 34.9 Å². The maximum atomic E-state index is 12.3. The number of amides is 1. The first-order valence-corrected chi connectivity index (χ1v) is 6.59. The van der Waals surface area contributed by atoms with Gasteiger partial charge in [-0.15, -0.1) is 0 Å². The van der Waals surface area contributed by atoms with E-state index >= 15 is 0 Å². The summed E-state index contributed by atoms with van der Waals surface area (Å²) in [6.07, 6.45) is 1.92. The van der Waals surface area contributed by atoms with Crippen LogP contribution in [-0.2, 0) is 4.79 Å². The summed E-state index contributed by atoms with van der Waals surface area (Å²) in [5.41, 5.74) is 2.61. The van der Waals surface area contributed by atoms with Crippen LogP contribution >= 0.6 is 0 Å². The second-order valence-electron chi connectivity index (χ2n) is 5.29. The lowest BCUT2D eigenvalue weighted by Crippen LogP contribution is -2.34. The highest BCUT2D eigenvalue weighted by Gasteiger charge is 2.30. The highest BCUT2D eigenvalue weighted by molar-refractivity contribution is 5.97. The number of carbonyl (C=O) groups excluding carboxylic acids is 1. The summed E-state index contributed by atoms with van der Waals surface area (Å²) in [6, 6.07) is 5.73. The van der Waals surface area contributed by atoms with Crippen LogP contribution in [0.15, 0.2) is 18.2 Å². The molecule has 0 aliphatic heterocycles. The summed E-state index contributed by atoms with van der Waals surface area (Å²) in [5.74, 6) is -1.17. The summed E-state index contributed by atoms with van der Waals surface area (Å²) in [5, 5.41) is 11.9. The number of nitrogens with one attached hydrogen (secondary N) is 1. The minimum Gasteiger partial charge on any atom is -0.481 e. The number of aryl methyl sites for hydroxylation is 2. The molecule has 0 bridgehead atoms. The van der Waals surface area contributed by atoms with Crippen LogP contribution in [-0.4, -0.2) is 23.0 Å². The van der Waals surface area contributed by atoms with Crippen molar-refractivity contribution in [1.82, 2.24) is 5.32 Å². The van der Waals surface area contributed by atoms with E-state index in [1.54, 1.807) is 0 Å². The average molecular weight is 261 g/mol. The van der Waals surface area contributed by atoms with Gasteiger partial charge >= 0.3 is 5.97 Å². The largest absolute Gasteiger partial charge is 0.481 e. The van der Waals surface area contributed by atoms with Crippen LogP contribution < -0.4 is 5.32 Å². The van der Waals surface area contributed by atoms with Crippen molar-refractivity contribution in [2.45, 2.75) is 39.2 Å². The van der Waals surface area contributed by atoms with Crippen LogP contribution in [0.5, 0.6) is 0 Å². The fourth-order valence-corrected chi connectivity index (χ4v) is 2.77. The number of aliphatic carboxylic acids is 1. The number of hydrogen-bond donors (Lipinski definition) is 2. The van der Waals surface area contributed by atoms with Crippen molar-refractivity contribution in [2.75, 3.05) is 0 Å². The van der Waals surface area contributed by atoms with Gasteiger partial charge in [0.1, 0.15) is 0 Å². The molecule has 1 saturated carbocycles. The van der Waals surface area contributed by atoms with E-state index < -0.39 is 5.97 Å². The first kappa shape index (κ1) is 13.6. The Kier molecular flexibility index (Phi) is 3.88. The average Bonchev–Trinajstić information content (AvgIpc) is 2.77. The second-order valence-corrected chi connectivity index (χ2v) is 5.29. The highest BCUT2D eigenvalue weighted by atomic mass is 16.4. The number of carboxylic acids is 1. The van der Waals surface area contributed by atoms with Gasteiger partial charge in [0.05, 0.1) is 5.92 Å². The number of rotatable bonds is 3. The van der Waals surface area contributed by atoms with E-state index in [0.717, 1.165) is 17.5 Å². The monoisotopic (exact) mass is 261 g/mol. The summed E-state index contributed by atoms with van der Waals surface area (Å²) in [7, 11) is 0. The lowest BCUT2D eigenvalue weighted by atomic mass is 10.0. The third-order valence-corrected chi connectivity index (χ3v) is 3.83. The predicted octanol–water partition coefficient (Wildman–Crippen LogP) is 2.29. The molecule has 2 N–H and O–H groups in total. The van der Waals surface area contributed by atoms with Crippen LogP contribution in [0.1, 0.15) is 40.7 Å². The summed E-state index contributed by atoms with van der Waals surface area (Å²) in [6.45, 7) is 3.83. The Morgan fingerprint density at radius 2 is 1.84 bits per heavy atom. The molecule has 1 aromatic rings. The molecule has 0 spiro atoms. The van der Waals surface area contributed by atoms with Crippen molar-refractivity contribution in [3.63, 3.8) is 0 Å². The lowest BCUT2D eigenvalue weighted by molar-refractivity contribution is -0.141. The first-order valence-electron chi connectivity index (χ1n) is 6.59. The van der Waals surface area contributed by atoms with Crippen molar-refractivity contribution in [2.24, 2.45) is 5.92 Å². The fourth-order valence-electron chi connectivity index (χ4n) is 2.77. The van der Waals surface area contributed by atoms with Gasteiger partial charge in [0.2, 0.25) is 0 Å². The minimum atomic E-state index is -0.760. The molecule has 4 heteroatoms. The molecule has 0 unspecified atom stereocenters. The van der Waals surface area contributed by atoms with Gasteiger partial charge in [-0.3, -0.25) is 9.59 Å². The van der Waals surface area contributed by atoms with E-state index in [1.165, 1.54) is 0 Å². The van der Waals surface area contributed by atoms with Gasteiger partial charge in [0.15, 0.2) is 0 Å². The Bertz CT molecular complexity index is 490. The maximum absolute atomic E-state index is 12.3. The van der Waals surface area contributed by atoms with Gasteiger partial charge in [0, 0.05) is 11.6 Å². The number of carboxylic acid groups (broad SMARTS) is 1. The quantitative estimate of drug-likeness (QED) is 0.877. The minimum absolute atomic E-state index is 0.0207. The smallest absolute Gasteiger partial charge is 0.306 e. The normalized spacial score (nSPS) is 22.2. The second kappa shape index (κ2) is 5.43. The van der Waals surface area contributed by atoms with E-state index in [-0.39, 0.29) is 17.9 Å². The topological polar surface area (TPSA) is 66.4 Å². The molecule has 1 fully saturated rings. The van der Waals surface area contributed by atoms with Crippen LogP contribution in [0.2, 0.25) is 0 Å². The Hall–Kier alpha value is -1.84. The molecule has 0 saturated heterocycles. The van der Waals surface area contributed by atoms with Crippen LogP contribution in [0.4, 0.5) is 0 Å². The molecule has 1 aliphatic carbocycles. The molecule has 4 nitrogen and oxygen atoms in total. The Morgan fingerprint density at radius 1 is 1.21 bits per heavy atom. The molecule has 0 radical (unpaired) electrons. The van der Waals surface area contributed by atoms with E-state index in [0.29, 0.717) is 18.4 Å². The molecule has 19 heavy (non-hydrogen) atoms. The molecule has 1 amide bonds. The maximum Gasteiger partial charge on any atom is 0.306 e. The lowest BCUT2D eigenvalue weighted by Gasteiger charge is -2.15. The van der Waals surface area contributed by atoms with E-state index in [1.807, 2.05) is 32.0 Å². The number of carbonyl (C=O) groups is 2. The SMILES string of the molecule is Cc1cccc(C)c1C(=O)N[C@H]1CC[C@@H](C(=O)O)C1. The van der Waals surface area contributed by atoms with Crippen molar-refractivity contribution in [3.8, 4) is 0 Å². The third kappa shape index (κ3) is 2.95. The summed E-state index contributed by atoms with van der Waals surface area (Å²) in [4.78, 5) is 23.2. The molecule has 102 valence electrons. The predicted molar refractivity (Wildman–Crippen MR) is 72.1 cm³/mol. The zero-order valence-corrected chi connectivity index (χ0v) is 11.3. The van der Waals surface area contributed by atoms with Gasteiger partial charge in [0.25, 0.3) is 5.91 Å². The van der Waals surface area contributed by atoms with E-state index in [4.69, 9.17) is 5.11 Å². The van der Waals surface area contributed by atoms with Gasteiger partial charge in [-0.05, 0) is 44.2 Å². The Labute approximate surface area is 112 Å². The van der Waals surface area contributed by atoms with Crippen molar-refractivity contribution < 1.29 is 14.7 Å². The van der Waals surface area contributed by atoms with Gasteiger partial charge in [-0.25, -0.2) is 0 Å². The molecule has 0 aromatic heterocycles. The molecule has 2 atom stereocenters. The molecule has 2 rings (SSSR count). The first-order chi connectivity index (χ1) is 8.99. The molecular weight excluding hydrogens is 242 g/mol. The summed E-state index contributed by atoms with van der Waals surface area (Å²) < 4.78 is 0. The molecule has 1 aliphatic rings. The zero-order valence-electron chi connectivity index (χ0n) is 11.3. The molecular formula is C15H19NO3. The van der Waals surface area contributed by atoms with E-state index in [9.17, 15) is 9.59 Å². The van der Waals surface area contributed by atoms with Crippen LogP contribution in [0, 0.1) is 19.8 Å². The zero-order chi connectivity index (χ0) is 14.0. The highest BCUT2D eigenvalue weighted by Crippen LogP contribution is 2.26. The Morgan fingerprint density at radius 3 is 2.37 bits per heavy atom. The van der Waals surface area contributed by atoms with Gasteiger partial charge < -0.3 is 10.4 Å². The van der Waals surface area contributed by atoms with Gasteiger partial charge in [-0.2, -0.15) is 0 Å². The summed E-state index contributed by atoms with van der Waals surface area (Å²) >= 11 is 0. The van der Waals surface area contributed by atoms with Crippen molar-refractivity contribution >= 4 is 11.9 Å². The molecule has 0 heterocycles. The number of benzene rings is 1. The Balaban J connectivity index is 2.05. The van der Waals surface area contributed by atoms with Gasteiger partial charge in [-0.1, -0.05) is 18.2 Å². The van der Waals surface area contributed by atoms with E-state index in [2.05, 4.69) is 5.32 Å². The molecule has 1 aromatic carbocycles. The standard InChI is InChI=1S/C15H19NO3/c1-9-4-3-5-10(2)13(9)14(17)16-12-7-6-11(8-12)15(18)19/h3-5,11-12H,6-8H2,1-2H3,(H,16,17)(H,18,19)/t11-,12+/m1/s1. The van der Waals surface area contributed by atoms with Crippen LogP contribution in [0.25, 0.3) is 0 Å². The van der Waals surface area contributed by atoms with Crippen LogP contribution in [0.3, 0.4) is 0 Å². The van der Waals surface area contributed by atoms with Crippen molar-refractivity contribution in [1.29, 1.82) is 0 Å². The number of hydrogen-bond acceptors (Lipinski definition) is 2.